The second kappa shape index (κ2) is 4.07. The zero-order valence-electron chi connectivity index (χ0n) is 6.46. The van der Waals surface area contributed by atoms with E-state index in [0.717, 1.165) is 0 Å². The molecule has 1 aromatic rings. The van der Waals surface area contributed by atoms with Gasteiger partial charge in [0.15, 0.2) is 0 Å². The zero-order valence-corrected chi connectivity index (χ0v) is 10.4. The molecule has 3 nitrogen and oxygen atoms in total. The van der Waals surface area contributed by atoms with Gasteiger partial charge >= 0.3 is 0 Å². The van der Waals surface area contributed by atoms with Crippen LogP contribution in [-0.4, -0.2) is 8.42 Å². The molecule has 0 unspecified atom stereocenters. The topological polar surface area (TPSA) is 57.9 Å². The van der Waals surface area contributed by atoms with Gasteiger partial charge in [-0.3, -0.25) is 0 Å². The minimum absolute atomic E-state index is 0.0223. The number of hydrogen-bond acceptors (Lipinski definition) is 3. The van der Waals surface area contributed by atoms with Crippen molar-refractivity contribution in [2.45, 2.75) is 4.90 Å². The molecule has 0 heterocycles. The summed E-state index contributed by atoms with van der Waals surface area (Å²) in [6, 6.07) is 4.51. The van der Waals surface area contributed by atoms with Gasteiger partial charge in [-0.05, 0) is 28.1 Å². The van der Waals surface area contributed by atoms with E-state index in [9.17, 15) is 8.42 Å². The summed E-state index contributed by atoms with van der Waals surface area (Å²) in [5, 5.41) is 8.62. The number of nitrogens with zero attached hydrogens (tertiary/aromatic N) is 1. The first kappa shape index (κ1) is 11.8. The maximum atomic E-state index is 11.1. The molecule has 0 atom stereocenters. The van der Waals surface area contributed by atoms with E-state index in [2.05, 4.69) is 15.9 Å². The van der Waals surface area contributed by atoms with Gasteiger partial charge < -0.3 is 0 Å². The highest BCUT2D eigenvalue weighted by molar-refractivity contribution is 9.10. The van der Waals surface area contributed by atoms with Crippen molar-refractivity contribution >= 4 is 47.3 Å². The van der Waals surface area contributed by atoms with Gasteiger partial charge in [0.1, 0.15) is 11.0 Å². The van der Waals surface area contributed by atoms with Gasteiger partial charge in [0, 0.05) is 10.7 Å². The highest BCUT2D eigenvalue weighted by atomic mass is 79.9. The number of rotatable bonds is 1. The molecule has 0 aliphatic rings. The molecule has 0 amide bonds. The molecule has 74 valence electrons. The van der Waals surface area contributed by atoms with Gasteiger partial charge in [-0.15, -0.1) is 0 Å². The molecule has 0 aromatic heterocycles. The second-order valence-electron chi connectivity index (χ2n) is 2.29. The lowest BCUT2D eigenvalue weighted by Gasteiger charge is -2.03. The van der Waals surface area contributed by atoms with Gasteiger partial charge in [0.25, 0.3) is 9.05 Å². The molecule has 0 aliphatic carbocycles. The van der Waals surface area contributed by atoms with Crippen LogP contribution in [0.15, 0.2) is 21.5 Å². The predicted molar refractivity (Wildman–Crippen MR) is 56.9 cm³/mol. The molecule has 0 bridgehead atoms. The monoisotopic (exact) mass is 313 g/mol. The maximum Gasteiger partial charge on any atom is 0.263 e. The van der Waals surface area contributed by atoms with Crippen molar-refractivity contribution in [3.63, 3.8) is 0 Å². The summed E-state index contributed by atoms with van der Waals surface area (Å²) in [5.74, 6) is 0. The predicted octanol–water partition coefficient (Wildman–Crippen LogP) is 2.90. The molecule has 1 aromatic carbocycles. The number of benzene rings is 1. The largest absolute Gasteiger partial charge is 0.263 e. The van der Waals surface area contributed by atoms with Crippen molar-refractivity contribution in [1.82, 2.24) is 0 Å². The molecule has 0 saturated heterocycles. The Bertz CT molecular complexity index is 521. The standard InChI is InChI=1S/C7H2BrCl2NO2S/c8-6-4(3-11)1-2-5(9)7(6)14(10,12)13/h1-2H. The summed E-state index contributed by atoms with van der Waals surface area (Å²) >= 11 is 8.60. The van der Waals surface area contributed by atoms with Crippen LogP contribution in [0, 0.1) is 11.3 Å². The third-order valence-electron chi connectivity index (χ3n) is 1.41. The fourth-order valence-electron chi connectivity index (χ4n) is 0.842. The lowest BCUT2D eigenvalue weighted by molar-refractivity contribution is 0.609. The molecule has 0 fully saturated rings. The fraction of sp³-hybridized carbons (Fsp3) is 0. The van der Waals surface area contributed by atoms with Crippen LogP contribution in [0.2, 0.25) is 5.02 Å². The van der Waals surface area contributed by atoms with Crippen LogP contribution in [0.3, 0.4) is 0 Å². The van der Waals surface area contributed by atoms with Crippen molar-refractivity contribution in [1.29, 1.82) is 5.26 Å². The van der Waals surface area contributed by atoms with E-state index in [4.69, 9.17) is 27.5 Å². The maximum absolute atomic E-state index is 11.1. The summed E-state index contributed by atoms with van der Waals surface area (Å²) in [4.78, 5) is -0.278. The van der Waals surface area contributed by atoms with Crippen LogP contribution in [0.25, 0.3) is 0 Å². The van der Waals surface area contributed by atoms with E-state index in [1.165, 1.54) is 12.1 Å². The highest BCUT2D eigenvalue weighted by Crippen LogP contribution is 2.34. The summed E-state index contributed by atoms with van der Waals surface area (Å²) in [6.07, 6.45) is 0. The Morgan fingerprint density at radius 3 is 2.43 bits per heavy atom. The molecule has 14 heavy (non-hydrogen) atoms. The van der Waals surface area contributed by atoms with E-state index in [0.29, 0.717) is 0 Å². The van der Waals surface area contributed by atoms with Crippen LogP contribution >= 0.6 is 38.2 Å². The quantitative estimate of drug-likeness (QED) is 0.749. The summed E-state index contributed by atoms with van der Waals surface area (Å²) < 4.78 is 22.3. The first-order valence-electron chi connectivity index (χ1n) is 3.20. The van der Waals surface area contributed by atoms with E-state index < -0.39 is 9.05 Å². The van der Waals surface area contributed by atoms with Gasteiger partial charge in [0.2, 0.25) is 0 Å². The third-order valence-corrected chi connectivity index (χ3v) is 4.30. The average Bonchev–Trinajstić information content (AvgIpc) is 2.02. The molecule has 0 spiro atoms. The van der Waals surface area contributed by atoms with Gasteiger partial charge in [-0.2, -0.15) is 5.26 Å². The molecule has 1 rings (SSSR count). The van der Waals surface area contributed by atoms with E-state index in [1.54, 1.807) is 6.07 Å². The number of hydrogen-bond donors (Lipinski definition) is 0. The minimum atomic E-state index is -3.95. The first-order chi connectivity index (χ1) is 6.38. The van der Waals surface area contributed by atoms with Crippen LogP contribution in [0.4, 0.5) is 0 Å². The third kappa shape index (κ3) is 2.20. The van der Waals surface area contributed by atoms with Gasteiger partial charge in [-0.25, -0.2) is 8.42 Å². The van der Waals surface area contributed by atoms with Gasteiger partial charge in [0.05, 0.1) is 15.1 Å². The van der Waals surface area contributed by atoms with Gasteiger partial charge in [-0.1, -0.05) is 11.6 Å². The van der Waals surface area contributed by atoms with E-state index in [1.807, 2.05) is 0 Å². The van der Waals surface area contributed by atoms with Crippen LogP contribution in [0.5, 0.6) is 0 Å². The zero-order chi connectivity index (χ0) is 10.9. The second-order valence-corrected chi connectivity index (χ2v) is 5.99. The summed E-state index contributed by atoms with van der Waals surface area (Å²) in [7, 11) is 1.19. The van der Waals surface area contributed by atoms with Crippen molar-refractivity contribution in [2.75, 3.05) is 0 Å². The Morgan fingerprint density at radius 2 is 2.00 bits per heavy atom. The van der Waals surface area contributed by atoms with Crippen molar-refractivity contribution in [3.8, 4) is 6.07 Å². The first-order valence-corrected chi connectivity index (χ1v) is 6.68. The van der Waals surface area contributed by atoms with Crippen molar-refractivity contribution in [2.24, 2.45) is 0 Å². The SMILES string of the molecule is N#Cc1ccc(Cl)c(S(=O)(=O)Cl)c1Br. The Morgan fingerprint density at radius 1 is 1.43 bits per heavy atom. The molecular weight excluding hydrogens is 313 g/mol. The molecule has 7 heteroatoms. The minimum Gasteiger partial charge on any atom is -0.207 e. The normalized spacial score (nSPS) is 11.0. The number of nitriles is 1. The number of halogens is 3. The average molecular weight is 315 g/mol. The van der Waals surface area contributed by atoms with Crippen LogP contribution in [-0.2, 0) is 9.05 Å². The fourth-order valence-corrected chi connectivity index (χ4v) is 4.00. The smallest absolute Gasteiger partial charge is 0.207 e. The summed E-state index contributed by atoms with van der Waals surface area (Å²) in [5.41, 5.74) is 0.161. The molecular formula is C7H2BrCl2NO2S. The van der Waals surface area contributed by atoms with Crippen molar-refractivity contribution < 1.29 is 8.42 Å². The highest BCUT2D eigenvalue weighted by Gasteiger charge is 2.21. The van der Waals surface area contributed by atoms with Crippen LogP contribution < -0.4 is 0 Å². The summed E-state index contributed by atoms with van der Waals surface area (Å²) in [6.45, 7) is 0. The molecule has 0 aliphatic heterocycles. The lowest BCUT2D eigenvalue weighted by Crippen LogP contribution is -1.95. The molecule has 0 N–H and O–H groups in total. The van der Waals surface area contributed by atoms with E-state index >= 15 is 0 Å². The Balaban J connectivity index is 3.68. The van der Waals surface area contributed by atoms with E-state index in [-0.39, 0.29) is 20.0 Å². The Kier molecular flexibility index (Phi) is 3.43. The Labute approximate surface area is 98.8 Å². The molecule has 0 saturated carbocycles. The van der Waals surface area contributed by atoms with Crippen molar-refractivity contribution in [3.05, 3.63) is 27.2 Å². The lowest BCUT2D eigenvalue weighted by atomic mass is 10.2. The molecule has 0 radical (unpaired) electrons. The Hall–Kier alpha value is -0.280. The van der Waals surface area contributed by atoms with Crippen LogP contribution in [0.1, 0.15) is 5.56 Å².